The van der Waals surface area contributed by atoms with Crippen molar-refractivity contribution in [3.63, 3.8) is 0 Å². The summed E-state index contributed by atoms with van der Waals surface area (Å²) in [7, 11) is -3.16. The van der Waals surface area contributed by atoms with E-state index in [0.717, 1.165) is 25.7 Å². The van der Waals surface area contributed by atoms with Gasteiger partial charge >= 0.3 is 0 Å². The molecule has 0 radical (unpaired) electrons. The van der Waals surface area contributed by atoms with Crippen molar-refractivity contribution >= 4 is 7.37 Å². The third-order valence-corrected chi connectivity index (χ3v) is 3.04. The highest BCUT2D eigenvalue weighted by Gasteiger charge is 2.14. The van der Waals surface area contributed by atoms with Gasteiger partial charge in [-0.25, -0.2) is 0 Å². The quantitative estimate of drug-likeness (QED) is 0.484. The van der Waals surface area contributed by atoms with E-state index in [0.29, 0.717) is 0 Å². The lowest BCUT2D eigenvalue weighted by Gasteiger charge is -2.06. The van der Waals surface area contributed by atoms with Crippen molar-refractivity contribution in [3.8, 4) is 0 Å². The van der Waals surface area contributed by atoms with E-state index in [1.807, 2.05) is 0 Å². The fourth-order valence-corrected chi connectivity index (χ4v) is 1.72. The first kappa shape index (κ1) is 11.2. The summed E-state index contributed by atoms with van der Waals surface area (Å²) in [6.45, 7) is 2.09. The van der Waals surface area contributed by atoms with Crippen LogP contribution in [-0.4, -0.2) is 22.5 Å². The molecule has 0 aromatic rings. The van der Waals surface area contributed by atoms with Gasteiger partial charge in [-0.2, -0.15) is 0 Å². The molecule has 0 aliphatic rings. The third-order valence-electron chi connectivity index (χ3n) is 1.58. The van der Waals surface area contributed by atoms with Crippen LogP contribution in [0, 0.1) is 0 Å². The summed E-state index contributed by atoms with van der Waals surface area (Å²) in [5.74, 6) is 0. The maximum Gasteiger partial charge on any atom is 0.225 e. The van der Waals surface area contributed by atoms with Crippen molar-refractivity contribution in [2.45, 2.75) is 32.6 Å². The van der Waals surface area contributed by atoms with Gasteiger partial charge in [-0.3, -0.25) is 4.57 Å². The second-order valence-electron chi connectivity index (χ2n) is 2.77. The molecular weight excluding hydrogens is 163 g/mol. The lowest BCUT2D eigenvalue weighted by Crippen LogP contribution is -1.93. The van der Waals surface area contributed by atoms with E-state index in [1.165, 1.54) is 0 Å². The fraction of sp³-hybridized carbons (Fsp3) is 1.00. The van der Waals surface area contributed by atoms with Crippen LogP contribution in [0.25, 0.3) is 0 Å². The predicted octanol–water partition coefficient (Wildman–Crippen LogP) is 1.79. The molecule has 0 spiro atoms. The van der Waals surface area contributed by atoms with Gasteiger partial charge < -0.3 is 10.00 Å². The third kappa shape index (κ3) is 6.54. The number of aliphatic hydroxyl groups excluding tert-OH is 1. The first-order valence-corrected chi connectivity index (χ1v) is 6.07. The standard InChI is InChI=1S/C7H17O3P/c1-2-3-4-5-6-11(9,10)7-8/h8H,2-7H2,1H3,(H,9,10). The van der Waals surface area contributed by atoms with Gasteiger partial charge in [-0.1, -0.05) is 26.2 Å². The summed E-state index contributed by atoms with van der Waals surface area (Å²) in [6, 6.07) is 0. The first-order chi connectivity index (χ1) is 5.12. The van der Waals surface area contributed by atoms with Gasteiger partial charge in [0.1, 0.15) is 6.35 Å². The maximum atomic E-state index is 10.9. The molecule has 0 aromatic heterocycles. The molecular formula is C7H17O3P. The molecule has 11 heavy (non-hydrogen) atoms. The SMILES string of the molecule is CCCCCCP(=O)(O)CO. The minimum absolute atomic E-state index is 0.267. The molecule has 3 nitrogen and oxygen atoms in total. The van der Waals surface area contributed by atoms with Crippen LogP contribution >= 0.6 is 7.37 Å². The monoisotopic (exact) mass is 180 g/mol. The molecule has 0 heterocycles. The molecule has 0 aromatic carbocycles. The smallest absolute Gasteiger partial charge is 0.225 e. The minimum Gasteiger partial charge on any atom is -0.386 e. The Labute approximate surface area is 67.9 Å². The number of hydrogen-bond acceptors (Lipinski definition) is 2. The lowest BCUT2D eigenvalue weighted by atomic mass is 10.2. The van der Waals surface area contributed by atoms with E-state index in [4.69, 9.17) is 10.00 Å². The number of rotatable bonds is 6. The van der Waals surface area contributed by atoms with Crippen LogP contribution in [0.4, 0.5) is 0 Å². The Morgan fingerprint density at radius 1 is 1.27 bits per heavy atom. The summed E-state index contributed by atoms with van der Waals surface area (Å²) in [5.41, 5.74) is 0. The molecule has 68 valence electrons. The van der Waals surface area contributed by atoms with E-state index in [2.05, 4.69) is 6.92 Å². The highest BCUT2D eigenvalue weighted by Crippen LogP contribution is 2.39. The van der Waals surface area contributed by atoms with Gasteiger partial charge in [0.2, 0.25) is 7.37 Å². The zero-order valence-electron chi connectivity index (χ0n) is 6.99. The second kappa shape index (κ2) is 5.76. The highest BCUT2D eigenvalue weighted by atomic mass is 31.2. The van der Waals surface area contributed by atoms with Gasteiger partial charge in [0.05, 0.1) is 0 Å². The van der Waals surface area contributed by atoms with Crippen LogP contribution in [0.1, 0.15) is 32.6 Å². The van der Waals surface area contributed by atoms with Crippen LogP contribution in [-0.2, 0) is 4.57 Å². The zero-order valence-corrected chi connectivity index (χ0v) is 7.89. The molecule has 0 saturated heterocycles. The van der Waals surface area contributed by atoms with Crippen LogP contribution in [0.5, 0.6) is 0 Å². The Kier molecular flexibility index (Phi) is 5.83. The first-order valence-electron chi connectivity index (χ1n) is 4.04. The number of unbranched alkanes of at least 4 members (excludes halogenated alkanes) is 3. The molecule has 0 fully saturated rings. The van der Waals surface area contributed by atoms with E-state index < -0.39 is 13.7 Å². The molecule has 0 aliphatic heterocycles. The molecule has 0 rings (SSSR count). The van der Waals surface area contributed by atoms with Crippen LogP contribution in [0.2, 0.25) is 0 Å². The average Bonchev–Trinajstić information content (AvgIpc) is 1.99. The van der Waals surface area contributed by atoms with Crippen molar-refractivity contribution in [1.82, 2.24) is 0 Å². The molecule has 0 aliphatic carbocycles. The van der Waals surface area contributed by atoms with Gasteiger partial charge in [0.25, 0.3) is 0 Å². The van der Waals surface area contributed by atoms with E-state index in [1.54, 1.807) is 0 Å². The fourth-order valence-electron chi connectivity index (χ4n) is 0.856. The van der Waals surface area contributed by atoms with Crippen LogP contribution < -0.4 is 0 Å². The lowest BCUT2D eigenvalue weighted by molar-refractivity contribution is 0.332. The highest BCUT2D eigenvalue weighted by molar-refractivity contribution is 7.57. The molecule has 0 amide bonds. The van der Waals surface area contributed by atoms with E-state index in [-0.39, 0.29) is 6.16 Å². The Morgan fingerprint density at radius 2 is 1.91 bits per heavy atom. The Hall–Kier alpha value is 0.150. The van der Waals surface area contributed by atoms with Crippen molar-refractivity contribution in [1.29, 1.82) is 0 Å². The van der Waals surface area contributed by atoms with Crippen molar-refractivity contribution in [3.05, 3.63) is 0 Å². The van der Waals surface area contributed by atoms with Gasteiger partial charge in [-0.15, -0.1) is 0 Å². The largest absolute Gasteiger partial charge is 0.386 e. The maximum absolute atomic E-state index is 10.9. The Morgan fingerprint density at radius 3 is 2.36 bits per heavy atom. The summed E-state index contributed by atoms with van der Waals surface area (Å²) >= 11 is 0. The van der Waals surface area contributed by atoms with E-state index in [9.17, 15) is 4.57 Å². The van der Waals surface area contributed by atoms with Gasteiger partial charge in [0, 0.05) is 6.16 Å². The van der Waals surface area contributed by atoms with E-state index >= 15 is 0 Å². The zero-order chi connectivity index (χ0) is 8.74. The van der Waals surface area contributed by atoms with Crippen LogP contribution in [0.3, 0.4) is 0 Å². The second-order valence-corrected chi connectivity index (χ2v) is 5.19. The molecule has 1 atom stereocenters. The Balaban J connectivity index is 3.31. The summed E-state index contributed by atoms with van der Waals surface area (Å²) in [6.07, 6.45) is 3.66. The predicted molar refractivity (Wildman–Crippen MR) is 45.9 cm³/mol. The van der Waals surface area contributed by atoms with Crippen LogP contribution in [0.15, 0.2) is 0 Å². The molecule has 1 unspecified atom stereocenters. The summed E-state index contributed by atoms with van der Waals surface area (Å²) < 4.78 is 10.9. The normalized spacial score (nSPS) is 16.3. The average molecular weight is 180 g/mol. The van der Waals surface area contributed by atoms with Gasteiger partial charge in [0.15, 0.2) is 0 Å². The summed E-state index contributed by atoms with van der Waals surface area (Å²) in [4.78, 5) is 8.93. The molecule has 4 heteroatoms. The number of hydrogen-bond donors (Lipinski definition) is 2. The van der Waals surface area contributed by atoms with Gasteiger partial charge in [-0.05, 0) is 6.42 Å². The van der Waals surface area contributed by atoms with Crippen molar-refractivity contribution in [2.24, 2.45) is 0 Å². The van der Waals surface area contributed by atoms with Crippen molar-refractivity contribution < 1.29 is 14.6 Å². The molecule has 0 saturated carbocycles. The van der Waals surface area contributed by atoms with Crippen molar-refractivity contribution in [2.75, 3.05) is 12.5 Å². The minimum atomic E-state index is -3.16. The molecule has 0 bridgehead atoms. The Bertz CT molecular complexity index is 136. The molecule has 2 N–H and O–H groups in total. The topological polar surface area (TPSA) is 57.5 Å². The summed E-state index contributed by atoms with van der Waals surface area (Å²) in [5, 5.41) is 8.44. The number of aliphatic hydroxyl groups is 1.